The lowest BCUT2D eigenvalue weighted by atomic mass is 9.89. The van der Waals surface area contributed by atoms with Gasteiger partial charge < -0.3 is 5.32 Å². The number of hydrogen-bond acceptors (Lipinski definition) is 1. The van der Waals surface area contributed by atoms with Crippen LogP contribution in [0.2, 0.25) is 0 Å². The van der Waals surface area contributed by atoms with Gasteiger partial charge in [0.1, 0.15) is 11.6 Å². The van der Waals surface area contributed by atoms with Crippen molar-refractivity contribution in [1.82, 2.24) is 5.32 Å². The van der Waals surface area contributed by atoms with Gasteiger partial charge in [0.25, 0.3) is 0 Å². The Balaban J connectivity index is 1.73. The molecule has 0 aromatic heterocycles. The van der Waals surface area contributed by atoms with Crippen molar-refractivity contribution < 1.29 is 8.78 Å². The van der Waals surface area contributed by atoms with Gasteiger partial charge in [0, 0.05) is 11.6 Å². The maximum atomic E-state index is 13.7. The van der Waals surface area contributed by atoms with Gasteiger partial charge in [-0.1, -0.05) is 6.07 Å². The zero-order valence-corrected chi connectivity index (χ0v) is 10.6. The number of hydrogen-bond donors (Lipinski definition) is 1. The second-order valence-corrected chi connectivity index (χ2v) is 5.79. The summed E-state index contributed by atoms with van der Waals surface area (Å²) in [4.78, 5) is 0. The van der Waals surface area contributed by atoms with Crippen molar-refractivity contribution >= 4 is 0 Å². The molecule has 98 valence electrons. The monoisotopic (exact) mass is 251 g/mol. The normalized spacial score (nSPS) is 31.2. The third-order valence-electron chi connectivity index (χ3n) is 4.71. The molecule has 2 aliphatic carbocycles. The first kappa shape index (κ1) is 12.1. The van der Waals surface area contributed by atoms with E-state index in [0.717, 1.165) is 11.8 Å². The first-order valence-electron chi connectivity index (χ1n) is 6.79. The third-order valence-corrected chi connectivity index (χ3v) is 4.71. The van der Waals surface area contributed by atoms with Crippen molar-refractivity contribution in [1.29, 1.82) is 0 Å². The number of rotatable bonds is 4. The Bertz CT molecular complexity index is 416. The molecule has 0 heterocycles. The van der Waals surface area contributed by atoms with Crippen LogP contribution >= 0.6 is 0 Å². The first-order valence-corrected chi connectivity index (χ1v) is 6.79. The number of fused-ring (bicyclic) bond motifs is 1. The molecule has 1 nitrogen and oxygen atoms in total. The Labute approximate surface area is 107 Å². The van der Waals surface area contributed by atoms with Gasteiger partial charge in [0.15, 0.2) is 0 Å². The highest BCUT2D eigenvalue weighted by molar-refractivity contribution is 5.21. The highest BCUT2D eigenvalue weighted by Crippen LogP contribution is 2.55. The number of halogens is 2. The Morgan fingerprint density at radius 3 is 2.33 bits per heavy atom. The summed E-state index contributed by atoms with van der Waals surface area (Å²) in [7, 11) is 1.90. The van der Waals surface area contributed by atoms with E-state index >= 15 is 0 Å². The van der Waals surface area contributed by atoms with E-state index in [1.54, 1.807) is 0 Å². The van der Waals surface area contributed by atoms with Crippen molar-refractivity contribution in [3.8, 4) is 0 Å². The zero-order chi connectivity index (χ0) is 12.7. The summed E-state index contributed by atoms with van der Waals surface area (Å²) in [6.07, 6.45) is 4.29. The molecule has 1 N–H and O–H groups in total. The second kappa shape index (κ2) is 4.61. The molecule has 3 unspecified atom stereocenters. The topological polar surface area (TPSA) is 12.0 Å². The Kier molecular flexibility index (Phi) is 3.10. The molecule has 3 heteroatoms. The average molecular weight is 251 g/mol. The van der Waals surface area contributed by atoms with E-state index in [9.17, 15) is 8.78 Å². The van der Waals surface area contributed by atoms with Gasteiger partial charge in [-0.05, 0) is 62.6 Å². The molecule has 2 saturated carbocycles. The second-order valence-electron chi connectivity index (χ2n) is 5.79. The van der Waals surface area contributed by atoms with Crippen LogP contribution in [-0.2, 0) is 6.42 Å². The standard InChI is InChI=1S/C15H19F2N/c1-18-15(11-6-9-5-10(9)7-11)8-12-13(16)3-2-4-14(12)17/h2-4,9-11,15,18H,5-8H2,1H3. The van der Waals surface area contributed by atoms with E-state index in [4.69, 9.17) is 0 Å². The van der Waals surface area contributed by atoms with Gasteiger partial charge in [-0.25, -0.2) is 8.78 Å². The fourth-order valence-electron chi connectivity index (χ4n) is 3.54. The van der Waals surface area contributed by atoms with E-state index in [-0.39, 0.29) is 11.6 Å². The van der Waals surface area contributed by atoms with Crippen molar-refractivity contribution in [2.45, 2.75) is 31.7 Å². The van der Waals surface area contributed by atoms with E-state index in [0.29, 0.717) is 12.3 Å². The molecule has 0 aliphatic heterocycles. The third kappa shape index (κ3) is 2.16. The van der Waals surface area contributed by atoms with Crippen LogP contribution in [0.1, 0.15) is 24.8 Å². The smallest absolute Gasteiger partial charge is 0.129 e. The lowest BCUT2D eigenvalue weighted by Gasteiger charge is -2.24. The molecule has 1 aromatic rings. The Morgan fingerprint density at radius 1 is 1.17 bits per heavy atom. The largest absolute Gasteiger partial charge is 0.316 e. The van der Waals surface area contributed by atoms with Gasteiger partial charge in [-0.3, -0.25) is 0 Å². The van der Waals surface area contributed by atoms with Gasteiger partial charge in [0.05, 0.1) is 0 Å². The fraction of sp³-hybridized carbons (Fsp3) is 0.600. The van der Waals surface area contributed by atoms with Gasteiger partial charge >= 0.3 is 0 Å². The van der Waals surface area contributed by atoms with E-state index in [1.807, 2.05) is 7.05 Å². The highest BCUT2D eigenvalue weighted by Gasteiger charge is 2.47. The molecule has 0 saturated heterocycles. The molecular weight excluding hydrogens is 232 g/mol. The van der Waals surface area contributed by atoms with Crippen LogP contribution in [0.4, 0.5) is 8.78 Å². The van der Waals surface area contributed by atoms with Crippen molar-refractivity contribution in [3.63, 3.8) is 0 Å². The summed E-state index contributed by atoms with van der Waals surface area (Å²) in [5, 5.41) is 3.25. The maximum Gasteiger partial charge on any atom is 0.129 e. The molecule has 0 amide bonds. The maximum absolute atomic E-state index is 13.7. The van der Waals surface area contributed by atoms with E-state index in [1.165, 1.54) is 37.5 Å². The van der Waals surface area contributed by atoms with Crippen LogP contribution in [0.25, 0.3) is 0 Å². The van der Waals surface area contributed by atoms with E-state index < -0.39 is 11.6 Å². The minimum atomic E-state index is -0.418. The highest BCUT2D eigenvalue weighted by atomic mass is 19.1. The summed E-state index contributed by atoms with van der Waals surface area (Å²) in [5.74, 6) is 1.54. The summed E-state index contributed by atoms with van der Waals surface area (Å²) in [5.41, 5.74) is 0.234. The summed E-state index contributed by atoms with van der Waals surface area (Å²) in [6, 6.07) is 4.31. The number of nitrogens with one attached hydrogen (secondary N) is 1. The summed E-state index contributed by atoms with van der Waals surface area (Å²) >= 11 is 0. The molecule has 0 bridgehead atoms. The van der Waals surface area contributed by atoms with Crippen molar-refractivity contribution in [2.24, 2.45) is 17.8 Å². The molecule has 2 aliphatic rings. The lowest BCUT2D eigenvalue weighted by molar-refractivity contribution is 0.342. The fourth-order valence-corrected chi connectivity index (χ4v) is 3.54. The average Bonchev–Trinajstić information content (AvgIpc) is 2.96. The molecule has 2 fully saturated rings. The SMILES string of the molecule is CNC(Cc1c(F)cccc1F)C1CC2CC2C1. The van der Waals surface area contributed by atoms with Crippen LogP contribution in [0.5, 0.6) is 0 Å². The van der Waals surface area contributed by atoms with Gasteiger partial charge in [-0.15, -0.1) is 0 Å². The van der Waals surface area contributed by atoms with Crippen molar-refractivity contribution in [3.05, 3.63) is 35.4 Å². The van der Waals surface area contributed by atoms with E-state index in [2.05, 4.69) is 5.32 Å². The molecule has 0 spiro atoms. The summed E-state index contributed by atoms with van der Waals surface area (Å²) < 4.78 is 27.3. The van der Waals surface area contributed by atoms with Crippen molar-refractivity contribution in [2.75, 3.05) is 7.05 Å². The number of benzene rings is 1. The minimum Gasteiger partial charge on any atom is -0.316 e. The van der Waals surface area contributed by atoms with Crippen LogP contribution in [0.3, 0.4) is 0 Å². The van der Waals surface area contributed by atoms with Crippen LogP contribution in [0, 0.1) is 29.4 Å². The predicted octanol–water partition coefficient (Wildman–Crippen LogP) is 3.14. The minimum absolute atomic E-state index is 0.198. The molecule has 3 atom stereocenters. The number of likely N-dealkylation sites (N-methyl/N-ethyl adjacent to an activating group) is 1. The quantitative estimate of drug-likeness (QED) is 0.867. The first-order chi connectivity index (χ1) is 8.69. The predicted molar refractivity (Wildman–Crippen MR) is 67.2 cm³/mol. The van der Waals surface area contributed by atoms with Crippen LogP contribution in [0.15, 0.2) is 18.2 Å². The molecule has 18 heavy (non-hydrogen) atoms. The Morgan fingerprint density at radius 2 is 1.78 bits per heavy atom. The molecule has 3 rings (SSSR count). The molecular formula is C15H19F2N. The zero-order valence-electron chi connectivity index (χ0n) is 10.6. The molecule has 1 aromatic carbocycles. The van der Waals surface area contributed by atoms with Crippen LogP contribution in [-0.4, -0.2) is 13.1 Å². The molecule has 0 radical (unpaired) electrons. The lowest BCUT2D eigenvalue weighted by Crippen LogP contribution is -2.35. The Hall–Kier alpha value is -0.960. The van der Waals surface area contributed by atoms with Gasteiger partial charge in [-0.2, -0.15) is 0 Å². The summed E-state index contributed by atoms with van der Waals surface area (Å²) in [6.45, 7) is 0. The van der Waals surface area contributed by atoms with Gasteiger partial charge in [0.2, 0.25) is 0 Å². The van der Waals surface area contributed by atoms with Crippen LogP contribution < -0.4 is 5.32 Å².